The number of carbonyl (C=O) groups is 1. The van der Waals surface area contributed by atoms with Crippen LogP contribution in [0.5, 0.6) is 5.75 Å². The van der Waals surface area contributed by atoms with Gasteiger partial charge in [0.15, 0.2) is 5.78 Å². The Balaban J connectivity index is 1.98. The second-order valence-corrected chi connectivity index (χ2v) is 8.16. The first-order valence-electron chi connectivity index (χ1n) is 8.31. The van der Waals surface area contributed by atoms with E-state index in [9.17, 15) is 13.2 Å². The van der Waals surface area contributed by atoms with Crippen LogP contribution in [-0.2, 0) is 23.0 Å². The molecule has 0 amide bonds. The summed E-state index contributed by atoms with van der Waals surface area (Å²) in [5.74, 6) is 0.721. The number of nitrogens with zero attached hydrogens (tertiary/aromatic N) is 1. The molecule has 0 fully saturated rings. The number of nitrogens with two attached hydrogens (primary N) is 1. The van der Waals surface area contributed by atoms with Gasteiger partial charge in [-0.25, -0.2) is 13.6 Å². The molecule has 138 valence electrons. The van der Waals surface area contributed by atoms with Crippen LogP contribution in [0, 0.1) is 0 Å². The Morgan fingerprint density at radius 1 is 1.27 bits per heavy atom. The van der Waals surface area contributed by atoms with E-state index in [1.165, 1.54) is 13.0 Å². The number of sulfonamides is 1. The van der Waals surface area contributed by atoms with E-state index in [-0.39, 0.29) is 16.7 Å². The maximum atomic E-state index is 11.7. The molecule has 0 unspecified atom stereocenters. The Bertz CT molecular complexity index is 969. The number of benzene rings is 2. The van der Waals surface area contributed by atoms with E-state index in [1.54, 1.807) is 31.4 Å². The predicted octanol–water partition coefficient (Wildman–Crippen LogP) is 2.50. The summed E-state index contributed by atoms with van der Waals surface area (Å²) in [5, 5.41) is 5.24. The van der Waals surface area contributed by atoms with Crippen LogP contribution >= 0.6 is 0 Å². The van der Waals surface area contributed by atoms with Gasteiger partial charge >= 0.3 is 0 Å². The number of Topliss-reactive ketones (excluding diaryl/α,β-unsaturated/α-hetero) is 1. The summed E-state index contributed by atoms with van der Waals surface area (Å²) in [4.78, 5) is 14.0. The fourth-order valence-corrected chi connectivity index (χ4v) is 3.96. The van der Waals surface area contributed by atoms with Crippen LogP contribution < -0.4 is 14.8 Å². The summed E-state index contributed by atoms with van der Waals surface area (Å²) < 4.78 is 28.6. The first-order chi connectivity index (χ1) is 12.2. The lowest BCUT2D eigenvalue weighted by atomic mass is 10.1. The van der Waals surface area contributed by atoms with Crippen molar-refractivity contribution in [2.24, 2.45) is 5.14 Å². The first-order valence-corrected chi connectivity index (χ1v) is 9.85. The molecule has 1 aliphatic rings. The maximum absolute atomic E-state index is 11.7. The highest BCUT2D eigenvalue weighted by molar-refractivity contribution is 7.89. The number of ether oxygens (including phenoxy) is 1. The van der Waals surface area contributed by atoms with Crippen molar-refractivity contribution >= 4 is 21.5 Å². The van der Waals surface area contributed by atoms with Crippen molar-refractivity contribution in [3.8, 4) is 5.75 Å². The molecule has 0 saturated carbocycles. The molecule has 3 rings (SSSR count). The molecule has 0 saturated heterocycles. The van der Waals surface area contributed by atoms with E-state index in [2.05, 4.69) is 11.8 Å². The number of hydrogen-bond donors (Lipinski definition) is 1. The zero-order chi connectivity index (χ0) is 19.1. The Hall–Kier alpha value is -2.38. The average molecular weight is 374 g/mol. The van der Waals surface area contributed by atoms with Gasteiger partial charge in [-0.3, -0.25) is 4.79 Å². The third-order valence-electron chi connectivity index (χ3n) is 4.76. The van der Waals surface area contributed by atoms with Gasteiger partial charge in [-0.15, -0.1) is 0 Å². The lowest BCUT2D eigenvalue weighted by Crippen LogP contribution is -2.28. The van der Waals surface area contributed by atoms with Crippen LogP contribution in [0.1, 0.15) is 35.3 Å². The molecule has 1 atom stereocenters. The Labute approximate surface area is 153 Å². The zero-order valence-corrected chi connectivity index (χ0v) is 15.8. The molecule has 0 aromatic heterocycles. The van der Waals surface area contributed by atoms with Crippen molar-refractivity contribution in [2.45, 2.75) is 37.8 Å². The largest absolute Gasteiger partial charge is 0.496 e. The molecule has 2 aromatic rings. The Morgan fingerprint density at radius 3 is 2.62 bits per heavy atom. The lowest BCUT2D eigenvalue weighted by Gasteiger charge is -2.26. The molecule has 0 bridgehead atoms. The van der Waals surface area contributed by atoms with Crippen LogP contribution in [0.4, 0.5) is 5.69 Å². The van der Waals surface area contributed by atoms with Gasteiger partial charge < -0.3 is 9.64 Å². The normalized spacial score (nSPS) is 16.5. The molecule has 1 aliphatic heterocycles. The smallest absolute Gasteiger partial charge is 0.238 e. The summed E-state index contributed by atoms with van der Waals surface area (Å²) in [7, 11) is -2.12. The van der Waals surface area contributed by atoms with Crippen LogP contribution in [0.15, 0.2) is 41.3 Å². The molecule has 0 radical (unpaired) electrons. The minimum absolute atomic E-state index is 0.00145. The summed E-state index contributed by atoms with van der Waals surface area (Å²) in [6.45, 7) is 4.18. The highest BCUT2D eigenvalue weighted by Crippen LogP contribution is 2.36. The van der Waals surface area contributed by atoms with Crippen molar-refractivity contribution in [2.75, 3.05) is 12.0 Å². The van der Waals surface area contributed by atoms with Crippen LogP contribution in [0.25, 0.3) is 0 Å². The predicted molar refractivity (Wildman–Crippen MR) is 100 cm³/mol. The van der Waals surface area contributed by atoms with Gasteiger partial charge in [0.2, 0.25) is 10.0 Å². The molecule has 26 heavy (non-hydrogen) atoms. The number of fused-ring (bicyclic) bond motifs is 1. The van der Waals surface area contributed by atoms with E-state index in [4.69, 9.17) is 9.88 Å². The number of primary sulfonamides is 1. The molecule has 6 nitrogen and oxygen atoms in total. The Morgan fingerprint density at radius 2 is 2.00 bits per heavy atom. The summed E-state index contributed by atoms with van der Waals surface area (Å²) in [5.41, 5.74) is 3.47. The van der Waals surface area contributed by atoms with E-state index >= 15 is 0 Å². The third kappa shape index (κ3) is 3.45. The number of rotatable bonds is 5. The van der Waals surface area contributed by atoms with Gasteiger partial charge in [0.1, 0.15) is 5.75 Å². The molecular formula is C19H22N2O4S. The zero-order valence-electron chi connectivity index (χ0n) is 15.0. The number of ketones is 1. The number of hydrogen-bond acceptors (Lipinski definition) is 5. The van der Waals surface area contributed by atoms with Crippen LogP contribution in [0.2, 0.25) is 0 Å². The summed E-state index contributed by atoms with van der Waals surface area (Å²) in [6.07, 6.45) is 0.730. The molecule has 2 aromatic carbocycles. The van der Waals surface area contributed by atoms with Gasteiger partial charge in [0.05, 0.1) is 12.0 Å². The van der Waals surface area contributed by atoms with Crippen molar-refractivity contribution in [1.29, 1.82) is 0 Å². The fraction of sp³-hybridized carbons (Fsp3) is 0.316. The van der Waals surface area contributed by atoms with Gasteiger partial charge in [-0.2, -0.15) is 0 Å². The third-order valence-corrected chi connectivity index (χ3v) is 5.67. The summed E-state index contributed by atoms with van der Waals surface area (Å²) >= 11 is 0. The standard InChI is InChI=1S/C19H22N2O4S/c1-12-8-15-10-17(26(20,23)24)5-6-18(15)21(12)11-16-9-14(13(2)22)4-7-19(16)25-3/h4-7,9-10,12H,8,11H2,1-3H3,(H2,20,23,24)/t12-/m1/s1. The van der Waals surface area contributed by atoms with Crippen molar-refractivity contribution in [3.05, 3.63) is 53.1 Å². The molecule has 2 N–H and O–H groups in total. The number of anilines is 1. The van der Waals surface area contributed by atoms with Crippen molar-refractivity contribution < 1.29 is 17.9 Å². The van der Waals surface area contributed by atoms with Crippen LogP contribution in [0.3, 0.4) is 0 Å². The summed E-state index contributed by atoms with van der Waals surface area (Å²) in [6, 6.07) is 10.6. The molecule has 1 heterocycles. The van der Waals surface area contributed by atoms with Gasteiger partial charge in [-0.05, 0) is 62.2 Å². The molecule has 0 spiro atoms. The minimum Gasteiger partial charge on any atom is -0.496 e. The maximum Gasteiger partial charge on any atom is 0.238 e. The average Bonchev–Trinajstić information content (AvgIpc) is 2.89. The van der Waals surface area contributed by atoms with Crippen LogP contribution in [-0.4, -0.2) is 27.4 Å². The van der Waals surface area contributed by atoms with Gasteiger partial charge in [0.25, 0.3) is 0 Å². The van der Waals surface area contributed by atoms with E-state index < -0.39 is 10.0 Å². The minimum atomic E-state index is -3.72. The van der Waals surface area contributed by atoms with Crippen molar-refractivity contribution in [1.82, 2.24) is 0 Å². The van der Waals surface area contributed by atoms with Gasteiger partial charge in [-0.1, -0.05) is 0 Å². The van der Waals surface area contributed by atoms with Gasteiger partial charge in [0, 0.05) is 29.4 Å². The lowest BCUT2D eigenvalue weighted by molar-refractivity contribution is 0.101. The van der Waals surface area contributed by atoms with E-state index in [1.807, 2.05) is 6.07 Å². The van der Waals surface area contributed by atoms with Crippen molar-refractivity contribution in [3.63, 3.8) is 0 Å². The number of carbonyl (C=O) groups excluding carboxylic acids is 1. The molecule has 7 heteroatoms. The first kappa shape index (κ1) is 18.4. The monoisotopic (exact) mass is 374 g/mol. The second kappa shape index (κ2) is 6.74. The molecule has 0 aliphatic carbocycles. The SMILES string of the molecule is COc1ccc(C(C)=O)cc1CN1c2ccc(S(N)(=O)=O)cc2C[C@H]1C. The topological polar surface area (TPSA) is 89.7 Å². The quantitative estimate of drug-likeness (QED) is 0.812. The Kier molecular flexibility index (Phi) is 4.77. The highest BCUT2D eigenvalue weighted by atomic mass is 32.2. The molecular weight excluding hydrogens is 352 g/mol. The highest BCUT2D eigenvalue weighted by Gasteiger charge is 2.28. The number of methoxy groups -OCH3 is 1. The second-order valence-electron chi connectivity index (χ2n) is 6.60. The van der Waals surface area contributed by atoms with E-state index in [0.29, 0.717) is 12.1 Å². The van der Waals surface area contributed by atoms with E-state index in [0.717, 1.165) is 29.0 Å². The fourth-order valence-electron chi connectivity index (χ4n) is 3.39.